The van der Waals surface area contributed by atoms with Crippen LogP contribution in [0.3, 0.4) is 0 Å². The molecule has 0 atom stereocenters. The summed E-state index contributed by atoms with van der Waals surface area (Å²) < 4.78 is 40.0. The summed E-state index contributed by atoms with van der Waals surface area (Å²) in [4.78, 5) is 14.4. The van der Waals surface area contributed by atoms with Gasteiger partial charge in [0.2, 0.25) is 5.82 Å². The number of nitrogens with one attached hydrogen (secondary N) is 2. The van der Waals surface area contributed by atoms with Crippen LogP contribution >= 0.6 is 0 Å². The minimum Gasteiger partial charge on any atom is -0.375 e. The first-order valence-electron chi connectivity index (χ1n) is 8.67. The van der Waals surface area contributed by atoms with Crippen molar-refractivity contribution in [3.8, 4) is 0 Å². The zero-order chi connectivity index (χ0) is 20.9. The Morgan fingerprint density at radius 3 is 1.90 bits per heavy atom. The first-order chi connectivity index (χ1) is 13.8. The minimum absolute atomic E-state index is 0.0914. The number of halogens is 3. The van der Waals surface area contributed by atoms with Crippen molar-refractivity contribution in [3.63, 3.8) is 0 Å². The Hall–Kier alpha value is -3.62. The van der Waals surface area contributed by atoms with Crippen molar-refractivity contribution in [2.24, 2.45) is 0 Å². The van der Waals surface area contributed by atoms with Gasteiger partial charge in [0.05, 0.1) is 4.92 Å². The van der Waals surface area contributed by atoms with Gasteiger partial charge in [0.15, 0.2) is 0 Å². The Bertz CT molecular complexity index is 916. The van der Waals surface area contributed by atoms with Crippen molar-refractivity contribution < 1.29 is 18.1 Å². The molecule has 1 aromatic heterocycles. The van der Waals surface area contributed by atoms with E-state index >= 15 is 0 Å². The summed E-state index contributed by atoms with van der Waals surface area (Å²) in [5.74, 6) is -0.441. The van der Waals surface area contributed by atoms with Crippen molar-refractivity contribution in [1.82, 2.24) is 4.98 Å². The molecule has 9 heteroatoms. The maximum Gasteiger partial charge on any atom is 0.433 e. The van der Waals surface area contributed by atoms with Gasteiger partial charge in [-0.25, -0.2) is 4.98 Å². The molecule has 1 heterocycles. The van der Waals surface area contributed by atoms with Gasteiger partial charge in [-0.2, -0.15) is 13.2 Å². The number of aromatic nitrogens is 1. The van der Waals surface area contributed by atoms with Crippen LogP contribution in [0.5, 0.6) is 0 Å². The molecule has 0 aliphatic carbocycles. The molecule has 6 nitrogen and oxygen atoms in total. The van der Waals surface area contributed by atoms with Crippen molar-refractivity contribution in [2.75, 3.05) is 10.6 Å². The number of benzene rings is 2. The molecule has 0 unspecified atom stereocenters. The van der Waals surface area contributed by atoms with E-state index in [1.165, 1.54) is 0 Å². The highest BCUT2D eigenvalue weighted by Gasteiger charge is 2.36. The highest BCUT2D eigenvalue weighted by Crippen LogP contribution is 2.38. The van der Waals surface area contributed by atoms with Crippen LogP contribution in [0.1, 0.15) is 16.8 Å². The predicted molar refractivity (Wildman–Crippen MR) is 103 cm³/mol. The van der Waals surface area contributed by atoms with Crippen molar-refractivity contribution >= 4 is 17.2 Å². The summed E-state index contributed by atoms with van der Waals surface area (Å²) in [6, 6.07) is 18.3. The van der Waals surface area contributed by atoms with E-state index in [0.29, 0.717) is 6.07 Å². The molecule has 0 aliphatic rings. The van der Waals surface area contributed by atoms with Crippen LogP contribution in [0.15, 0.2) is 66.7 Å². The fourth-order valence-corrected chi connectivity index (χ4v) is 2.70. The summed E-state index contributed by atoms with van der Waals surface area (Å²) in [5, 5.41) is 17.0. The van der Waals surface area contributed by atoms with Crippen LogP contribution < -0.4 is 10.6 Å². The van der Waals surface area contributed by atoms with E-state index in [4.69, 9.17) is 0 Å². The fourth-order valence-electron chi connectivity index (χ4n) is 2.70. The van der Waals surface area contributed by atoms with Crippen LogP contribution in [0, 0.1) is 10.1 Å². The Labute approximate surface area is 164 Å². The first-order valence-corrected chi connectivity index (χ1v) is 8.67. The second-order valence-electron chi connectivity index (χ2n) is 6.19. The van der Waals surface area contributed by atoms with E-state index < -0.39 is 28.3 Å². The topological polar surface area (TPSA) is 80.1 Å². The Balaban J connectivity index is 1.96. The molecule has 2 aromatic carbocycles. The van der Waals surface area contributed by atoms with E-state index in [1.54, 1.807) is 60.7 Å². The molecule has 0 saturated carbocycles. The summed E-state index contributed by atoms with van der Waals surface area (Å²) >= 11 is 0. The van der Waals surface area contributed by atoms with Gasteiger partial charge < -0.3 is 10.6 Å². The summed E-state index contributed by atoms with van der Waals surface area (Å²) in [6.07, 6.45) is -4.75. The lowest BCUT2D eigenvalue weighted by Crippen LogP contribution is -2.14. The van der Waals surface area contributed by atoms with E-state index in [1.807, 2.05) is 0 Å². The van der Waals surface area contributed by atoms with Crippen LogP contribution in [0.4, 0.5) is 30.4 Å². The summed E-state index contributed by atoms with van der Waals surface area (Å²) in [6.45, 7) is 0.217. The van der Waals surface area contributed by atoms with E-state index in [2.05, 4.69) is 15.6 Å². The molecule has 0 amide bonds. The first kappa shape index (κ1) is 20.1. The molecule has 0 bridgehead atoms. The van der Waals surface area contributed by atoms with Gasteiger partial charge in [-0.05, 0) is 17.2 Å². The minimum atomic E-state index is -4.75. The lowest BCUT2D eigenvalue weighted by atomic mass is 10.2. The standard InChI is InChI=1S/C20H17F3N4O2/c21-20(22,23)17-11-16(24-12-14-7-3-1-4-8-14)18(27(28)29)19(26-17)25-13-15-9-5-2-6-10-15/h1-11H,12-13H2,(H2,24,25,26). The smallest absolute Gasteiger partial charge is 0.375 e. The Morgan fingerprint density at radius 1 is 0.897 bits per heavy atom. The van der Waals surface area contributed by atoms with Gasteiger partial charge in [0.1, 0.15) is 11.4 Å². The maximum absolute atomic E-state index is 13.3. The summed E-state index contributed by atoms with van der Waals surface area (Å²) in [7, 11) is 0. The van der Waals surface area contributed by atoms with E-state index in [9.17, 15) is 23.3 Å². The van der Waals surface area contributed by atoms with Crippen molar-refractivity contribution in [1.29, 1.82) is 0 Å². The second kappa shape index (κ2) is 8.59. The van der Waals surface area contributed by atoms with Crippen LogP contribution in [-0.2, 0) is 19.3 Å². The van der Waals surface area contributed by atoms with E-state index in [-0.39, 0.29) is 18.8 Å². The quantitative estimate of drug-likeness (QED) is 0.418. The van der Waals surface area contributed by atoms with Gasteiger partial charge in [-0.3, -0.25) is 10.1 Å². The molecule has 0 saturated heterocycles. The van der Waals surface area contributed by atoms with Gasteiger partial charge >= 0.3 is 11.9 Å². The highest BCUT2D eigenvalue weighted by atomic mass is 19.4. The van der Waals surface area contributed by atoms with Crippen molar-refractivity contribution in [3.05, 3.63) is 93.7 Å². The molecule has 3 rings (SSSR count). The predicted octanol–water partition coefficient (Wildman–Crippen LogP) is 5.23. The molecule has 0 fully saturated rings. The van der Waals surface area contributed by atoms with Crippen LogP contribution in [-0.4, -0.2) is 9.91 Å². The molecule has 0 aliphatic heterocycles. The Morgan fingerprint density at radius 2 is 1.41 bits per heavy atom. The number of hydrogen-bond acceptors (Lipinski definition) is 5. The fraction of sp³-hybridized carbons (Fsp3) is 0.150. The third-order valence-corrected chi connectivity index (χ3v) is 4.09. The lowest BCUT2D eigenvalue weighted by molar-refractivity contribution is -0.383. The molecule has 0 radical (unpaired) electrons. The zero-order valence-corrected chi connectivity index (χ0v) is 15.1. The van der Waals surface area contributed by atoms with Gasteiger partial charge in [0.25, 0.3) is 0 Å². The molecule has 29 heavy (non-hydrogen) atoms. The molecular formula is C20H17F3N4O2. The van der Waals surface area contributed by atoms with Crippen LogP contribution in [0.25, 0.3) is 0 Å². The molecule has 150 valence electrons. The van der Waals surface area contributed by atoms with Gasteiger partial charge in [-0.1, -0.05) is 60.7 Å². The summed E-state index contributed by atoms with van der Waals surface area (Å²) in [5.41, 5.74) is -0.485. The zero-order valence-electron chi connectivity index (χ0n) is 15.1. The average molecular weight is 402 g/mol. The average Bonchev–Trinajstić information content (AvgIpc) is 2.71. The Kier molecular flexibility index (Phi) is 5.96. The number of hydrogen-bond donors (Lipinski definition) is 2. The SMILES string of the molecule is O=[N+]([O-])c1c(NCc2ccccc2)cc(C(F)(F)F)nc1NCc1ccccc1. The number of alkyl halides is 3. The maximum atomic E-state index is 13.3. The lowest BCUT2D eigenvalue weighted by Gasteiger charge is -2.15. The van der Waals surface area contributed by atoms with Crippen LogP contribution in [0.2, 0.25) is 0 Å². The second-order valence-corrected chi connectivity index (χ2v) is 6.19. The molecule has 3 aromatic rings. The molecule has 0 spiro atoms. The van der Waals surface area contributed by atoms with Gasteiger partial charge in [-0.15, -0.1) is 0 Å². The largest absolute Gasteiger partial charge is 0.433 e. The number of nitro groups is 1. The number of nitrogens with zero attached hydrogens (tertiary/aromatic N) is 2. The van der Waals surface area contributed by atoms with Gasteiger partial charge in [0, 0.05) is 13.1 Å². The van der Waals surface area contributed by atoms with E-state index in [0.717, 1.165) is 11.1 Å². The number of pyridine rings is 1. The number of rotatable bonds is 7. The third kappa shape index (κ3) is 5.22. The molecule has 2 N–H and O–H groups in total. The molecular weight excluding hydrogens is 385 g/mol. The monoisotopic (exact) mass is 402 g/mol. The van der Waals surface area contributed by atoms with Crippen molar-refractivity contribution in [2.45, 2.75) is 19.3 Å². The third-order valence-electron chi connectivity index (χ3n) is 4.09. The highest BCUT2D eigenvalue weighted by molar-refractivity contribution is 5.74. The number of anilines is 2. The normalized spacial score (nSPS) is 11.1.